The lowest BCUT2D eigenvalue weighted by molar-refractivity contribution is 0.185. The number of nitrogens with zero attached hydrogens (tertiary/aromatic N) is 1. The van der Waals surface area contributed by atoms with E-state index in [9.17, 15) is 0 Å². The molecule has 2 unspecified atom stereocenters. The predicted octanol–water partition coefficient (Wildman–Crippen LogP) is 2.53. The van der Waals surface area contributed by atoms with Gasteiger partial charge in [0.05, 0.1) is 6.04 Å². The van der Waals surface area contributed by atoms with Gasteiger partial charge in [0, 0.05) is 22.4 Å². The summed E-state index contributed by atoms with van der Waals surface area (Å²) in [4.78, 5) is 5.29. The topological polar surface area (TPSA) is 74.2 Å². The van der Waals surface area contributed by atoms with Crippen molar-refractivity contribution in [2.75, 3.05) is 11.5 Å². The molecule has 0 amide bonds. The van der Waals surface area contributed by atoms with Crippen LogP contribution < -0.4 is 16.2 Å². The molecule has 0 radical (unpaired) electrons. The lowest BCUT2D eigenvalue weighted by atomic mass is 9.99. The van der Waals surface area contributed by atoms with E-state index in [1.807, 2.05) is 31.2 Å². The molecule has 2 atom stereocenters. The average Bonchev–Trinajstić information content (AvgIpc) is 2.46. The summed E-state index contributed by atoms with van der Waals surface area (Å²) in [6.07, 6.45) is 1.60. The highest BCUT2D eigenvalue weighted by Crippen LogP contribution is 2.38. The fourth-order valence-electron chi connectivity index (χ4n) is 2.42. The van der Waals surface area contributed by atoms with E-state index in [1.165, 1.54) is 0 Å². The number of nitrogen functional groups attached to an aromatic ring is 1. The molecule has 0 bridgehead atoms. The van der Waals surface area contributed by atoms with E-state index < -0.39 is 0 Å². The van der Waals surface area contributed by atoms with Crippen LogP contribution in [0.5, 0.6) is 5.75 Å². The van der Waals surface area contributed by atoms with Gasteiger partial charge in [0.2, 0.25) is 0 Å². The Morgan fingerprint density at radius 1 is 1.35 bits per heavy atom. The van der Waals surface area contributed by atoms with Crippen LogP contribution in [0.2, 0.25) is 0 Å². The number of para-hydroxylation sites is 1. The van der Waals surface area contributed by atoms with Gasteiger partial charge >= 0.3 is 0 Å². The highest BCUT2D eigenvalue weighted by molar-refractivity contribution is 7.99. The fourth-order valence-corrected chi connectivity index (χ4v) is 3.48. The van der Waals surface area contributed by atoms with Gasteiger partial charge in [-0.2, -0.15) is 0 Å². The molecule has 104 valence electrons. The maximum atomic E-state index is 6.37. The van der Waals surface area contributed by atoms with Crippen LogP contribution in [0.15, 0.2) is 41.4 Å². The summed E-state index contributed by atoms with van der Waals surface area (Å²) in [5.74, 6) is 2.20. The van der Waals surface area contributed by atoms with E-state index in [1.54, 1.807) is 18.0 Å². The van der Waals surface area contributed by atoms with Gasteiger partial charge in [-0.25, -0.2) is 4.98 Å². The van der Waals surface area contributed by atoms with Crippen LogP contribution in [0.3, 0.4) is 0 Å². The summed E-state index contributed by atoms with van der Waals surface area (Å²) >= 11 is 1.77. The van der Waals surface area contributed by atoms with Crippen molar-refractivity contribution in [2.45, 2.75) is 24.0 Å². The summed E-state index contributed by atoms with van der Waals surface area (Å²) in [5, 5.41) is 0. The van der Waals surface area contributed by atoms with E-state index in [-0.39, 0.29) is 12.1 Å². The Bertz CT molecular complexity index is 612. The molecule has 5 heteroatoms. The molecule has 20 heavy (non-hydrogen) atoms. The number of pyridine rings is 1. The lowest BCUT2D eigenvalue weighted by Crippen LogP contribution is -2.36. The molecule has 0 saturated heterocycles. The van der Waals surface area contributed by atoms with E-state index >= 15 is 0 Å². The lowest BCUT2D eigenvalue weighted by Gasteiger charge is -2.30. The van der Waals surface area contributed by atoms with Crippen molar-refractivity contribution in [3.8, 4) is 5.75 Å². The van der Waals surface area contributed by atoms with E-state index in [0.717, 1.165) is 27.5 Å². The minimum Gasteiger partial charge on any atom is -0.486 e. The number of aromatic nitrogens is 1. The normalized spacial score (nSPS) is 19.0. The van der Waals surface area contributed by atoms with Crippen LogP contribution in [0, 0.1) is 6.92 Å². The third kappa shape index (κ3) is 2.34. The molecule has 0 aliphatic carbocycles. The second-order valence-corrected chi connectivity index (χ2v) is 5.93. The largest absolute Gasteiger partial charge is 0.486 e. The highest BCUT2D eigenvalue weighted by atomic mass is 32.2. The van der Waals surface area contributed by atoms with Gasteiger partial charge in [-0.3, -0.25) is 0 Å². The van der Waals surface area contributed by atoms with Gasteiger partial charge in [0.1, 0.15) is 17.7 Å². The standard InChI is InChI=1S/C15H17N3OS/c1-9-6-7-18-15(17)13(9)14(16)11-8-20-12-5-3-2-4-10(12)19-11/h2-7,11,14H,8,16H2,1H3,(H2,17,18). The Kier molecular flexibility index (Phi) is 3.54. The summed E-state index contributed by atoms with van der Waals surface area (Å²) in [7, 11) is 0. The summed E-state index contributed by atoms with van der Waals surface area (Å²) in [5.41, 5.74) is 14.3. The zero-order valence-corrected chi connectivity index (χ0v) is 12.1. The molecule has 1 aromatic carbocycles. The van der Waals surface area contributed by atoms with Gasteiger partial charge in [-0.15, -0.1) is 11.8 Å². The second kappa shape index (κ2) is 5.34. The maximum absolute atomic E-state index is 6.37. The molecule has 0 fully saturated rings. The number of thioether (sulfide) groups is 1. The molecular formula is C15H17N3OS. The first kappa shape index (κ1) is 13.3. The van der Waals surface area contributed by atoms with Gasteiger partial charge in [0.15, 0.2) is 0 Å². The number of hydrogen-bond acceptors (Lipinski definition) is 5. The molecule has 0 spiro atoms. The van der Waals surface area contributed by atoms with E-state index in [4.69, 9.17) is 16.2 Å². The first-order valence-electron chi connectivity index (χ1n) is 6.52. The zero-order valence-electron chi connectivity index (χ0n) is 11.2. The average molecular weight is 287 g/mol. The first-order valence-corrected chi connectivity index (χ1v) is 7.50. The molecule has 1 aliphatic rings. The van der Waals surface area contributed by atoms with Crippen molar-refractivity contribution in [3.05, 3.63) is 47.7 Å². The van der Waals surface area contributed by atoms with Gasteiger partial charge in [0.25, 0.3) is 0 Å². The third-order valence-electron chi connectivity index (χ3n) is 3.50. The number of nitrogens with two attached hydrogens (primary N) is 2. The molecule has 4 nitrogen and oxygen atoms in total. The first-order chi connectivity index (χ1) is 9.66. The van der Waals surface area contributed by atoms with Gasteiger partial charge in [-0.05, 0) is 30.7 Å². The Morgan fingerprint density at radius 2 is 2.15 bits per heavy atom. The number of ether oxygens (including phenoxy) is 1. The van der Waals surface area contributed by atoms with Crippen LogP contribution >= 0.6 is 11.8 Å². The van der Waals surface area contributed by atoms with Crippen LogP contribution in [0.4, 0.5) is 5.82 Å². The fraction of sp³-hybridized carbons (Fsp3) is 0.267. The number of hydrogen-bond donors (Lipinski definition) is 2. The smallest absolute Gasteiger partial charge is 0.133 e. The van der Waals surface area contributed by atoms with Crippen LogP contribution in [-0.2, 0) is 0 Å². The highest BCUT2D eigenvalue weighted by Gasteiger charge is 2.29. The van der Waals surface area contributed by atoms with Crippen molar-refractivity contribution < 1.29 is 4.74 Å². The van der Waals surface area contributed by atoms with Crippen molar-refractivity contribution in [2.24, 2.45) is 5.73 Å². The van der Waals surface area contributed by atoms with Crippen molar-refractivity contribution in [1.29, 1.82) is 0 Å². The van der Waals surface area contributed by atoms with Gasteiger partial charge in [-0.1, -0.05) is 12.1 Å². The SMILES string of the molecule is Cc1ccnc(N)c1C(N)C1CSc2ccccc2O1. The number of benzene rings is 1. The molecule has 2 aromatic rings. The number of rotatable bonds is 2. The second-order valence-electron chi connectivity index (χ2n) is 4.87. The molecule has 0 saturated carbocycles. The third-order valence-corrected chi connectivity index (χ3v) is 4.65. The molecular weight excluding hydrogens is 270 g/mol. The minimum absolute atomic E-state index is 0.0971. The van der Waals surface area contributed by atoms with Crippen molar-refractivity contribution in [3.63, 3.8) is 0 Å². The maximum Gasteiger partial charge on any atom is 0.133 e. The van der Waals surface area contributed by atoms with E-state index in [0.29, 0.717) is 5.82 Å². The van der Waals surface area contributed by atoms with Crippen molar-refractivity contribution >= 4 is 17.6 Å². The monoisotopic (exact) mass is 287 g/mol. The molecule has 4 N–H and O–H groups in total. The molecule has 1 aromatic heterocycles. The Hall–Kier alpha value is -1.72. The number of aryl methyl sites for hydroxylation is 1. The minimum atomic E-state index is -0.274. The number of anilines is 1. The van der Waals surface area contributed by atoms with Crippen LogP contribution in [0.1, 0.15) is 17.2 Å². The summed E-state index contributed by atoms with van der Waals surface area (Å²) in [6, 6.07) is 9.67. The Labute approximate surface area is 122 Å². The van der Waals surface area contributed by atoms with Crippen LogP contribution in [-0.4, -0.2) is 16.8 Å². The van der Waals surface area contributed by atoms with Crippen LogP contribution in [0.25, 0.3) is 0 Å². The van der Waals surface area contributed by atoms with Crippen molar-refractivity contribution in [1.82, 2.24) is 4.98 Å². The summed E-state index contributed by atoms with van der Waals surface area (Å²) in [6.45, 7) is 2.00. The molecule has 3 rings (SSSR count). The number of fused-ring (bicyclic) bond motifs is 1. The zero-order chi connectivity index (χ0) is 14.1. The Balaban J connectivity index is 1.88. The summed E-state index contributed by atoms with van der Waals surface area (Å²) < 4.78 is 6.03. The molecule has 1 aliphatic heterocycles. The predicted molar refractivity (Wildman–Crippen MR) is 81.9 cm³/mol. The van der Waals surface area contributed by atoms with E-state index in [2.05, 4.69) is 11.1 Å². The van der Waals surface area contributed by atoms with Gasteiger partial charge < -0.3 is 16.2 Å². The quantitative estimate of drug-likeness (QED) is 0.888. The molecule has 2 heterocycles. The Morgan fingerprint density at radius 3 is 2.95 bits per heavy atom.